The molecule has 222 valence electrons. The van der Waals surface area contributed by atoms with Crippen LogP contribution in [-0.4, -0.2) is 87.2 Å². The van der Waals surface area contributed by atoms with Gasteiger partial charge in [0, 0.05) is 39.1 Å². The number of hydrogen-bond donors (Lipinski definition) is 6. The van der Waals surface area contributed by atoms with Gasteiger partial charge in [-0.25, -0.2) is 24.9 Å². The van der Waals surface area contributed by atoms with Crippen molar-refractivity contribution in [3.63, 3.8) is 0 Å². The van der Waals surface area contributed by atoms with E-state index in [1.54, 1.807) is 12.1 Å². The Morgan fingerprint density at radius 3 is 1.41 bits per heavy atom. The Hall–Kier alpha value is -2.66. The molecular formula is C24H39N3O11S. The van der Waals surface area contributed by atoms with Crippen LogP contribution in [-0.2, 0) is 38.4 Å². The average Bonchev–Trinajstić information content (AvgIpc) is 2.91. The lowest BCUT2D eigenvalue weighted by atomic mass is 9.93. The molecule has 0 saturated heterocycles. The molecule has 0 aliphatic heterocycles. The average molecular weight is 578 g/mol. The number of ether oxygens (including phenoxy) is 3. The maximum atomic E-state index is 13.4. The summed E-state index contributed by atoms with van der Waals surface area (Å²) in [5.41, 5.74) is 4.26. The number of rotatable bonds is 21. The Bertz CT molecular complexity index is 923. The minimum atomic E-state index is -3.85. The summed E-state index contributed by atoms with van der Waals surface area (Å²) in [4.78, 5) is 33.9. The summed E-state index contributed by atoms with van der Waals surface area (Å²) >= 11 is 0. The highest BCUT2D eigenvalue weighted by Crippen LogP contribution is 2.27. The van der Waals surface area contributed by atoms with Gasteiger partial charge in [-0.05, 0) is 38.3 Å². The highest BCUT2D eigenvalue weighted by atomic mass is 32.2. The molecule has 0 heterocycles. The summed E-state index contributed by atoms with van der Waals surface area (Å²) < 4.78 is 44.0. The molecule has 0 bridgehead atoms. The van der Waals surface area contributed by atoms with Crippen molar-refractivity contribution in [2.24, 2.45) is 5.41 Å². The predicted molar refractivity (Wildman–Crippen MR) is 136 cm³/mol. The first-order valence-corrected chi connectivity index (χ1v) is 14.0. The standard InChI is InChI=1S/C24H39N3O11S/c1-19-8-10-20(11-9-19)39(34,35)18-24(15-36-12-2-5-21(28)25-31,16-37-13-3-6-22(29)26-32)17-38-14-4-7-23(30)27-33/h8-11,31-33H,2-7,12-18H2,1H3,(H,25,28)(H,26,29)(H,27,30). The van der Waals surface area contributed by atoms with Crippen molar-refractivity contribution in [2.75, 3.05) is 45.4 Å². The van der Waals surface area contributed by atoms with Crippen molar-refractivity contribution in [1.82, 2.24) is 16.4 Å². The second kappa shape index (κ2) is 18.6. The second-order valence-electron chi connectivity index (χ2n) is 9.15. The third kappa shape index (κ3) is 14.3. The molecule has 0 aliphatic rings. The monoisotopic (exact) mass is 577 g/mol. The third-order valence-electron chi connectivity index (χ3n) is 5.55. The van der Waals surface area contributed by atoms with Gasteiger partial charge in [-0.1, -0.05) is 17.7 Å². The van der Waals surface area contributed by atoms with Crippen LogP contribution < -0.4 is 16.4 Å². The minimum Gasteiger partial charge on any atom is -0.381 e. The molecule has 6 N–H and O–H groups in total. The Labute approximate surface area is 227 Å². The zero-order valence-corrected chi connectivity index (χ0v) is 22.8. The SMILES string of the molecule is Cc1ccc(S(=O)(=O)CC(COCCCC(=O)NO)(COCCCC(=O)NO)COCCCC(=O)NO)cc1. The van der Waals surface area contributed by atoms with Crippen molar-refractivity contribution >= 4 is 27.6 Å². The van der Waals surface area contributed by atoms with Crippen molar-refractivity contribution in [1.29, 1.82) is 0 Å². The number of carbonyl (C=O) groups excluding carboxylic acids is 3. The van der Waals surface area contributed by atoms with Crippen LogP contribution in [0.4, 0.5) is 0 Å². The van der Waals surface area contributed by atoms with E-state index in [0.717, 1.165) is 5.56 Å². The number of aryl methyl sites for hydroxylation is 1. The van der Waals surface area contributed by atoms with E-state index in [2.05, 4.69) is 0 Å². The molecule has 15 heteroatoms. The van der Waals surface area contributed by atoms with Gasteiger partial charge in [-0.2, -0.15) is 0 Å². The zero-order chi connectivity index (χ0) is 29.2. The fraction of sp³-hybridized carbons (Fsp3) is 0.625. The molecule has 1 rings (SSSR count). The molecule has 0 aromatic heterocycles. The van der Waals surface area contributed by atoms with E-state index in [-0.39, 0.29) is 83.1 Å². The molecule has 1 aromatic carbocycles. The molecule has 0 radical (unpaired) electrons. The van der Waals surface area contributed by atoms with Crippen LogP contribution in [0.5, 0.6) is 0 Å². The van der Waals surface area contributed by atoms with Gasteiger partial charge < -0.3 is 14.2 Å². The van der Waals surface area contributed by atoms with Crippen LogP contribution in [0, 0.1) is 12.3 Å². The fourth-order valence-corrected chi connectivity index (χ4v) is 5.29. The zero-order valence-electron chi connectivity index (χ0n) is 22.0. The molecule has 1 aromatic rings. The van der Waals surface area contributed by atoms with Crippen molar-refractivity contribution < 1.29 is 52.6 Å². The predicted octanol–water partition coefficient (Wildman–Crippen LogP) is 0.662. The highest BCUT2D eigenvalue weighted by molar-refractivity contribution is 7.91. The van der Waals surface area contributed by atoms with Gasteiger partial charge in [0.05, 0.1) is 35.9 Å². The first kappa shape index (κ1) is 34.4. The molecular weight excluding hydrogens is 538 g/mol. The second-order valence-corrected chi connectivity index (χ2v) is 11.1. The molecule has 0 saturated carbocycles. The van der Waals surface area contributed by atoms with E-state index >= 15 is 0 Å². The van der Waals surface area contributed by atoms with Gasteiger partial charge in [-0.15, -0.1) is 0 Å². The first-order chi connectivity index (χ1) is 18.6. The van der Waals surface area contributed by atoms with E-state index < -0.39 is 38.7 Å². The lowest BCUT2D eigenvalue weighted by Crippen LogP contribution is -2.43. The number of benzene rings is 1. The molecule has 0 atom stereocenters. The smallest absolute Gasteiger partial charge is 0.243 e. The Morgan fingerprint density at radius 2 is 1.08 bits per heavy atom. The van der Waals surface area contributed by atoms with Gasteiger partial charge in [0.15, 0.2) is 9.84 Å². The summed E-state index contributed by atoms with van der Waals surface area (Å²) in [5, 5.41) is 25.9. The molecule has 0 fully saturated rings. The number of sulfone groups is 1. The van der Waals surface area contributed by atoms with Crippen LogP contribution in [0.15, 0.2) is 29.2 Å². The maximum Gasteiger partial charge on any atom is 0.243 e. The molecule has 39 heavy (non-hydrogen) atoms. The number of carbonyl (C=O) groups is 3. The summed E-state index contributed by atoms with van der Waals surface area (Å²) in [6.45, 7) is 1.75. The quantitative estimate of drug-likeness (QED) is 0.0679. The topological polar surface area (TPSA) is 210 Å². The third-order valence-corrected chi connectivity index (χ3v) is 7.54. The van der Waals surface area contributed by atoms with Crippen molar-refractivity contribution in [3.05, 3.63) is 29.8 Å². The van der Waals surface area contributed by atoms with Gasteiger partial charge in [0.1, 0.15) is 0 Å². The number of hydroxylamine groups is 3. The summed E-state index contributed by atoms with van der Waals surface area (Å²) in [6.07, 6.45) is 0.790. The highest BCUT2D eigenvalue weighted by Gasteiger charge is 2.38. The van der Waals surface area contributed by atoms with Crippen molar-refractivity contribution in [3.8, 4) is 0 Å². The van der Waals surface area contributed by atoms with Crippen molar-refractivity contribution in [2.45, 2.75) is 50.3 Å². The van der Waals surface area contributed by atoms with Gasteiger partial charge in [0.2, 0.25) is 17.7 Å². The number of amides is 3. The van der Waals surface area contributed by atoms with Crippen LogP contribution in [0.2, 0.25) is 0 Å². The Balaban J connectivity index is 3.05. The largest absolute Gasteiger partial charge is 0.381 e. The molecule has 0 aliphatic carbocycles. The normalized spacial score (nSPS) is 11.7. The lowest BCUT2D eigenvalue weighted by molar-refractivity contribution is -0.130. The van der Waals surface area contributed by atoms with Crippen LogP contribution >= 0.6 is 0 Å². The number of hydrogen-bond acceptors (Lipinski definition) is 11. The van der Waals surface area contributed by atoms with Gasteiger partial charge in [0.25, 0.3) is 0 Å². The van der Waals surface area contributed by atoms with Crippen LogP contribution in [0.25, 0.3) is 0 Å². The van der Waals surface area contributed by atoms with E-state index in [4.69, 9.17) is 29.8 Å². The molecule has 0 spiro atoms. The molecule has 3 amide bonds. The Morgan fingerprint density at radius 1 is 0.718 bits per heavy atom. The molecule has 0 unspecified atom stereocenters. The minimum absolute atomic E-state index is 0.00198. The Kier molecular flexibility index (Phi) is 16.4. The fourth-order valence-electron chi connectivity index (χ4n) is 3.52. The first-order valence-electron chi connectivity index (χ1n) is 12.4. The summed E-state index contributed by atoms with van der Waals surface area (Å²) in [6, 6.07) is 6.38. The van der Waals surface area contributed by atoms with E-state index in [1.807, 2.05) is 6.92 Å². The van der Waals surface area contributed by atoms with E-state index in [0.29, 0.717) is 0 Å². The lowest BCUT2D eigenvalue weighted by Gasteiger charge is -2.33. The maximum absolute atomic E-state index is 13.4. The number of nitrogens with one attached hydrogen (secondary N) is 3. The summed E-state index contributed by atoms with van der Waals surface area (Å²) in [7, 11) is -3.85. The van der Waals surface area contributed by atoms with Crippen LogP contribution in [0.1, 0.15) is 44.1 Å². The van der Waals surface area contributed by atoms with Gasteiger partial charge >= 0.3 is 0 Å². The van der Waals surface area contributed by atoms with E-state index in [9.17, 15) is 22.8 Å². The van der Waals surface area contributed by atoms with Gasteiger partial charge in [-0.3, -0.25) is 30.0 Å². The van der Waals surface area contributed by atoms with Crippen LogP contribution in [0.3, 0.4) is 0 Å². The van der Waals surface area contributed by atoms with E-state index in [1.165, 1.54) is 28.6 Å². The summed E-state index contributed by atoms with van der Waals surface area (Å²) in [5.74, 6) is -2.17. The molecule has 14 nitrogen and oxygen atoms in total.